The van der Waals surface area contributed by atoms with Gasteiger partial charge in [0.05, 0.1) is 27.2 Å². The van der Waals surface area contributed by atoms with E-state index in [0.29, 0.717) is 0 Å². The van der Waals surface area contributed by atoms with Crippen molar-refractivity contribution in [1.29, 1.82) is 0 Å². The third-order valence-electron chi connectivity index (χ3n) is 2.05. The van der Waals surface area contributed by atoms with Gasteiger partial charge in [0.1, 0.15) is 6.04 Å². The Morgan fingerprint density at radius 1 is 1.33 bits per heavy atom. The molecule has 0 spiro atoms. The van der Waals surface area contributed by atoms with Gasteiger partial charge in [-0.3, -0.25) is 14.5 Å². The van der Waals surface area contributed by atoms with E-state index < -0.39 is 18.0 Å². The Labute approximate surface area is 88.8 Å². The molecule has 0 saturated carbocycles. The first-order valence-corrected chi connectivity index (χ1v) is 4.52. The van der Waals surface area contributed by atoms with E-state index in [9.17, 15) is 9.59 Å². The van der Waals surface area contributed by atoms with Crippen LogP contribution in [0, 0.1) is 0 Å². The molecular formula is C9H17NO5. The molecule has 0 radical (unpaired) electrons. The van der Waals surface area contributed by atoms with Crippen molar-refractivity contribution in [2.75, 3.05) is 34.4 Å². The predicted octanol–water partition coefficient (Wildman–Crippen LogP) is -0.985. The molecule has 0 aliphatic heterocycles. The first-order valence-electron chi connectivity index (χ1n) is 4.52. The molecule has 1 atom stereocenters. The molecule has 15 heavy (non-hydrogen) atoms. The number of methoxy groups -OCH3 is 2. The highest BCUT2D eigenvalue weighted by Gasteiger charge is 2.26. The molecule has 0 fully saturated rings. The van der Waals surface area contributed by atoms with Gasteiger partial charge in [-0.25, -0.2) is 0 Å². The maximum atomic E-state index is 11.3. The number of aliphatic hydroxyl groups is 1. The maximum absolute atomic E-state index is 11.3. The number of hydrogen-bond donors (Lipinski definition) is 1. The van der Waals surface area contributed by atoms with E-state index in [0.717, 1.165) is 0 Å². The van der Waals surface area contributed by atoms with Gasteiger partial charge >= 0.3 is 11.9 Å². The van der Waals surface area contributed by atoms with Crippen LogP contribution >= 0.6 is 0 Å². The molecule has 0 aromatic carbocycles. The zero-order valence-electron chi connectivity index (χ0n) is 9.23. The summed E-state index contributed by atoms with van der Waals surface area (Å²) in [5.41, 5.74) is 0. The number of rotatable bonds is 6. The summed E-state index contributed by atoms with van der Waals surface area (Å²) in [5.74, 6) is -1.01. The zero-order chi connectivity index (χ0) is 11.8. The molecule has 6 heteroatoms. The minimum atomic E-state index is -0.713. The quantitative estimate of drug-likeness (QED) is 0.578. The standard InChI is InChI=1S/C9H17NO5/c1-10(4-5-11)7(9(13)15-3)6-8(12)14-2/h7,11H,4-6H2,1-3H3. The van der Waals surface area contributed by atoms with Crippen molar-refractivity contribution in [3.05, 3.63) is 0 Å². The normalized spacial score (nSPS) is 12.3. The fourth-order valence-corrected chi connectivity index (χ4v) is 1.11. The van der Waals surface area contributed by atoms with Crippen molar-refractivity contribution < 1.29 is 24.2 Å². The molecular weight excluding hydrogens is 202 g/mol. The highest BCUT2D eigenvalue weighted by atomic mass is 16.5. The number of carbonyl (C=O) groups excluding carboxylic acids is 2. The number of hydrogen-bond acceptors (Lipinski definition) is 6. The summed E-state index contributed by atoms with van der Waals surface area (Å²) >= 11 is 0. The highest BCUT2D eigenvalue weighted by molar-refractivity contribution is 5.82. The molecule has 0 saturated heterocycles. The lowest BCUT2D eigenvalue weighted by Crippen LogP contribution is -2.42. The fraction of sp³-hybridized carbons (Fsp3) is 0.778. The van der Waals surface area contributed by atoms with Crippen molar-refractivity contribution >= 4 is 11.9 Å². The fourth-order valence-electron chi connectivity index (χ4n) is 1.11. The summed E-state index contributed by atoms with van der Waals surface area (Å²) in [4.78, 5) is 23.9. The summed E-state index contributed by atoms with van der Waals surface area (Å²) in [7, 11) is 4.13. The second-order valence-corrected chi connectivity index (χ2v) is 3.02. The summed E-state index contributed by atoms with van der Waals surface area (Å²) in [5, 5.41) is 8.72. The van der Waals surface area contributed by atoms with Gasteiger partial charge in [-0.05, 0) is 7.05 Å². The Hall–Kier alpha value is -1.14. The van der Waals surface area contributed by atoms with Crippen molar-refractivity contribution in [3.8, 4) is 0 Å². The Morgan fingerprint density at radius 3 is 2.33 bits per heavy atom. The molecule has 88 valence electrons. The highest BCUT2D eigenvalue weighted by Crippen LogP contribution is 2.05. The average molecular weight is 219 g/mol. The molecule has 0 aliphatic carbocycles. The minimum Gasteiger partial charge on any atom is -0.469 e. The molecule has 0 rings (SSSR count). The van der Waals surface area contributed by atoms with Crippen molar-refractivity contribution in [1.82, 2.24) is 4.90 Å². The van der Waals surface area contributed by atoms with Gasteiger partial charge in [0.25, 0.3) is 0 Å². The van der Waals surface area contributed by atoms with Crippen LogP contribution in [-0.2, 0) is 19.1 Å². The predicted molar refractivity (Wildman–Crippen MR) is 52.2 cm³/mol. The molecule has 0 bridgehead atoms. The van der Waals surface area contributed by atoms with Gasteiger partial charge in [0, 0.05) is 6.54 Å². The van der Waals surface area contributed by atoms with E-state index in [2.05, 4.69) is 9.47 Å². The van der Waals surface area contributed by atoms with Crippen molar-refractivity contribution in [2.24, 2.45) is 0 Å². The van der Waals surface area contributed by atoms with Gasteiger partial charge in [-0.1, -0.05) is 0 Å². The van der Waals surface area contributed by atoms with E-state index in [1.165, 1.54) is 14.2 Å². The van der Waals surface area contributed by atoms with Crippen LogP contribution in [0.4, 0.5) is 0 Å². The minimum absolute atomic E-state index is 0.0837. The Morgan fingerprint density at radius 2 is 1.93 bits per heavy atom. The SMILES string of the molecule is COC(=O)CC(C(=O)OC)N(C)CCO. The van der Waals surface area contributed by atoms with Crippen LogP contribution in [0.1, 0.15) is 6.42 Å². The number of likely N-dealkylation sites (N-methyl/N-ethyl adjacent to an activating group) is 1. The smallest absolute Gasteiger partial charge is 0.323 e. The first kappa shape index (κ1) is 13.9. The van der Waals surface area contributed by atoms with E-state index in [1.54, 1.807) is 11.9 Å². The summed E-state index contributed by atoms with van der Waals surface area (Å²) in [6, 6.07) is -0.713. The maximum Gasteiger partial charge on any atom is 0.323 e. The molecule has 0 aromatic heterocycles. The number of nitrogens with zero attached hydrogens (tertiary/aromatic N) is 1. The van der Waals surface area contributed by atoms with Crippen LogP contribution in [0.25, 0.3) is 0 Å². The molecule has 0 aromatic rings. The van der Waals surface area contributed by atoms with Crippen LogP contribution in [0.5, 0.6) is 0 Å². The third kappa shape index (κ3) is 4.75. The molecule has 1 unspecified atom stereocenters. The monoisotopic (exact) mass is 219 g/mol. The lowest BCUT2D eigenvalue weighted by Gasteiger charge is -2.23. The number of aliphatic hydroxyl groups excluding tert-OH is 1. The molecule has 1 N–H and O–H groups in total. The molecule has 0 aliphatic rings. The number of esters is 2. The average Bonchev–Trinajstić information content (AvgIpc) is 2.24. The molecule has 0 amide bonds. The zero-order valence-corrected chi connectivity index (χ0v) is 9.23. The third-order valence-corrected chi connectivity index (χ3v) is 2.05. The van der Waals surface area contributed by atoms with Gasteiger partial charge in [-0.2, -0.15) is 0 Å². The van der Waals surface area contributed by atoms with Crippen LogP contribution in [-0.4, -0.2) is 62.4 Å². The summed E-state index contributed by atoms with van der Waals surface area (Å²) < 4.78 is 9.02. The Balaban J connectivity index is 4.43. The Bertz CT molecular complexity index is 219. The molecule has 0 heterocycles. The number of carbonyl (C=O) groups is 2. The van der Waals surface area contributed by atoms with Crippen LogP contribution < -0.4 is 0 Å². The lowest BCUT2D eigenvalue weighted by atomic mass is 10.2. The van der Waals surface area contributed by atoms with Crippen LogP contribution in [0.3, 0.4) is 0 Å². The molecule has 6 nitrogen and oxygen atoms in total. The largest absolute Gasteiger partial charge is 0.469 e. The van der Waals surface area contributed by atoms with Crippen molar-refractivity contribution in [2.45, 2.75) is 12.5 Å². The van der Waals surface area contributed by atoms with Gasteiger partial charge in [0.2, 0.25) is 0 Å². The second-order valence-electron chi connectivity index (χ2n) is 3.02. The summed E-state index contributed by atoms with van der Waals surface area (Å²) in [6.45, 7) is 0.196. The van der Waals surface area contributed by atoms with Crippen molar-refractivity contribution in [3.63, 3.8) is 0 Å². The van der Waals surface area contributed by atoms with E-state index >= 15 is 0 Å². The van der Waals surface area contributed by atoms with Gasteiger partial charge in [0.15, 0.2) is 0 Å². The van der Waals surface area contributed by atoms with Crippen LogP contribution in [0.2, 0.25) is 0 Å². The first-order chi connectivity index (χ1) is 7.06. The van der Waals surface area contributed by atoms with E-state index in [1.807, 2.05) is 0 Å². The van der Waals surface area contributed by atoms with Gasteiger partial charge in [-0.15, -0.1) is 0 Å². The van der Waals surface area contributed by atoms with E-state index in [-0.39, 0.29) is 19.6 Å². The van der Waals surface area contributed by atoms with Gasteiger partial charge < -0.3 is 14.6 Å². The topological polar surface area (TPSA) is 76.1 Å². The lowest BCUT2D eigenvalue weighted by molar-refractivity contribution is -0.153. The Kier molecular flexibility index (Phi) is 6.64. The summed E-state index contributed by atoms with van der Waals surface area (Å²) in [6.07, 6.45) is -0.0837. The van der Waals surface area contributed by atoms with E-state index in [4.69, 9.17) is 5.11 Å². The van der Waals surface area contributed by atoms with Crippen LogP contribution in [0.15, 0.2) is 0 Å². The number of ether oxygens (including phenoxy) is 2. The second kappa shape index (κ2) is 7.19.